The fourth-order valence-electron chi connectivity index (χ4n) is 1.90. The summed E-state index contributed by atoms with van der Waals surface area (Å²) in [7, 11) is 0. The highest BCUT2D eigenvalue weighted by Gasteiger charge is 2.20. The highest BCUT2D eigenvalue weighted by molar-refractivity contribution is 5.08. The molecule has 1 aliphatic heterocycles. The Balaban J connectivity index is 2.37. The summed E-state index contributed by atoms with van der Waals surface area (Å²) in [6.45, 7) is 4.31. The van der Waals surface area contributed by atoms with Crippen molar-refractivity contribution in [2.24, 2.45) is 0 Å². The van der Waals surface area contributed by atoms with Crippen LogP contribution in [0.3, 0.4) is 0 Å². The molecule has 0 spiro atoms. The van der Waals surface area contributed by atoms with Crippen LogP contribution in [0.15, 0.2) is 6.20 Å². The number of nitrogens with zero attached hydrogens (tertiary/aromatic N) is 2. The maximum atomic E-state index is 4.45. The molecule has 2 heterocycles. The Morgan fingerprint density at radius 1 is 1.73 bits per heavy atom. The molecule has 0 amide bonds. The van der Waals surface area contributed by atoms with E-state index in [2.05, 4.69) is 29.6 Å². The summed E-state index contributed by atoms with van der Waals surface area (Å²) in [6, 6.07) is 0.728. The van der Waals surface area contributed by atoms with Gasteiger partial charge in [0.1, 0.15) is 5.82 Å². The second kappa shape index (κ2) is 2.36. The zero-order valence-electron chi connectivity index (χ0n) is 7.17. The van der Waals surface area contributed by atoms with E-state index < -0.39 is 0 Å². The van der Waals surface area contributed by atoms with Gasteiger partial charge in [-0.15, -0.1) is 0 Å². The van der Waals surface area contributed by atoms with Crippen molar-refractivity contribution in [1.29, 1.82) is 0 Å². The maximum absolute atomic E-state index is 4.45. The van der Waals surface area contributed by atoms with E-state index in [4.69, 9.17) is 0 Å². The van der Waals surface area contributed by atoms with E-state index in [1.165, 1.54) is 25.1 Å². The Morgan fingerprint density at radius 3 is 3.27 bits per heavy atom. The van der Waals surface area contributed by atoms with Crippen LogP contribution in [-0.2, 0) is 6.42 Å². The molecule has 2 nitrogen and oxygen atoms in total. The molecule has 0 aromatic carbocycles. The number of aryl methyl sites for hydroxylation is 2. The van der Waals surface area contributed by atoms with Crippen LogP contribution in [0, 0.1) is 6.92 Å². The van der Waals surface area contributed by atoms with Crippen LogP contribution in [0.2, 0.25) is 0 Å². The Hall–Kier alpha value is -0.790. The zero-order chi connectivity index (χ0) is 7.84. The van der Waals surface area contributed by atoms with Gasteiger partial charge in [-0.1, -0.05) is 6.92 Å². The second-order valence-corrected chi connectivity index (χ2v) is 3.31. The molecule has 11 heavy (non-hydrogen) atoms. The molecule has 0 aliphatic carbocycles. The number of hydrogen-bond donors (Lipinski definition) is 0. The lowest BCUT2D eigenvalue weighted by Gasteiger charge is -2.07. The second-order valence-electron chi connectivity index (χ2n) is 3.31. The van der Waals surface area contributed by atoms with Crippen molar-refractivity contribution in [3.8, 4) is 0 Å². The number of aromatic nitrogens is 2. The van der Waals surface area contributed by atoms with E-state index in [1.54, 1.807) is 0 Å². The van der Waals surface area contributed by atoms with Gasteiger partial charge in [-0.3, -0.25) is 0 Å². The third-order valence-corrected chi connectivity index (χ3v) is 2.50. The summed E-state index contributed by atoms with van der Waals surface area (Å²) >= 11 is 0. The SMILES string of the molecule is CCC1CCc2nc(C)cn21. The fraction of sp³-hybridized carbons (Fsp3) is 0.667. The minimum Gasteiger partial charge on any atom is -0.332 e. The van der Waals surface area contributed by atoms with Crippen molar-refractivity contribution in [2.45, 2.75) is 39.2 Å². The van der Waals surface area contributed by atoms with Crippen molar-refractivity contribution >= 4 is 0 Å². The van der Waals surface area contributed by atoms with E-state index >= 15 is 0 Å². The average molecular weight is 150 g/mol. The monoisotopic (exact) mass is 150 g/mol. The molecule has 2 heteroatoms. The first-order valence-corrected chi connectivity index (χ1v) is 4.35. The topological polar surface area (TPSA) is 17.8 Å². The molecule has 0 N–H and O–H groups in total. The molecule has 0 saturated carbocycles. The molecule has 1 atom stereocenters. The lowest BCUT2D eigenvalue weighted by atomic mass is 10.2. The van der Waals surface area contributed by atoms with Crippen molar-refractivity contribution in [3.05, 3.63) is 17.7 Å². The zero-order valence-corrected chi connectivity index (χ0v) is 7.17. The van der Waals surface area contributed by atoms with Crippen LogP contribution in [-0.4, -0.2) is 9.55 Å². The summed E-state index contributed by atoms with van der Waals surface area (Å²) in [5.74, 6) is 1.29. The van der Waals surface area contributed by atoms with Gasteiger partial charge in [0, 0.05) is 18.7 Å². The van der Waals surface area contributed by atoms with Gasteiger partial charge in [-0.2, -0.15) is 0 Å². The summed E-state index contributed by atoms with van der Waals surface area (Å²) in [5.41, 5.74) is 1.16. The van der Waals surface area contributed by atoms with Gasteiger partial charge in [-0.05, 0) is 19.8 Å². The third kappa shape index (κ3) is 0.971. The van der Waals surface area contributed by atoms with Crippen LogP contribution >= 0.6 is 0 Å². The molecule has 0 fully saturated rings. The van der Waals surface area contributed by atoms with E-state index in [0.717, 1.165) is 11.7 Å². The smallest absolute Gasteiger partial charge is 0.109 e. The Bertz CT molecular complexity index is 263. The normalized spacial score (nSPS) is 22.2. The summed E-state index contributed by atoms with van der Waals surface area (Å²) < 4.78 is 2.34. The Labute approximate surface area is 67.3 Å². The van der Waals surface area contributed by atoms with Crippen molar-refractivity contribution in [2.75, 3.05) is 0 Å². The molecule has 1 unspecified atom stereocenters. The van der Waals surface area contributed by atoms with Crippen LogP contribution in [0.5, 0.6) is 0 Å². The van der Waals surface area contributed by atoms with Gasteiger partial charge in [-0.25, -0.2) is 4.98 Å². The minimum absolute atomic E-state index is 0.728. The first-order chi connectivity index (χ1) is 5.31. The third-order valence-electron chi connectivity index (χ3n) is 2.50. The summed E-state index contributed by atoms with van der Waals surface area (Å²) in [4.78, 5) is 4.45. The number of fused-ring (bicyclic) bond motifs is 1. The lowest BCUT2D eigenvalue weighted by molar-refractivity contribution is 0.512. The average Bonchev–Trinajstić information content (AvgIpc) is 2.45. The number of hydrogen-bond acceptors (Lipinski definition) is 1. The molecule has 0 saturated heterocycles. The molecule has 1 aromatic rings. The fourth-order valence-corrected chi connectivity index (χ4v) is 1.90. The Morgan fingerprint density at radius 2 is 2.55 bits per heavy atom. The number of rotatable bonds is 1. The van der Waals surface area contributed by atoms with Crippen LogP contribution < -0.4 is 0 Å². The first-order valence-electron chi connectivity index (χ1n) is 4.35. The molecular weight excluding hydrogens is 136 g/mol. The van der Waals surface area contributed by atoms with Crippen molar-refractivity contribution in [1.82, 2.24) is 9.55 Å². The van der Waals surface area contributed by atoms with Gasteiger partial charge in [0.05, 0.1) is 5.69 Å². The summed E-state index contributed by atoms with van der Waals surface area (Å²) in [6.07, 6.45) is 5.88. The predicted molar refractivity (Wildman–Crippen MR) is 44.6 cm³/mol. The molecular formula is C9H14N2. The van der Waals surface area contributed by atoms with Gasteiger partial charge >= 0.3 is 0 Å². The predicted octanol–water partition coefficient (Wildman–Crippen LogP) is 2.09. The van der Waals surface area contributed by atoms with Gasteiger partial charge in [0.15, 0.2) is 0 Å². The van der Waals surface area contributed by atoms with Crippen LogP contribution in [0.25, 0.3) is 0 Å². The maximum Gasteiger partial charge on any atom is 0.109 e. The van der Waals surface area contributed by atoms with E-state index in [1.807, 2.05) is 0 Å². The highest BCUT2D eigenvalue weighted by atomic mass is 15.1. The molecule has 60 valence electrons. The quantitative estimate of drug-likeness (QED) is 0.599. The van der Waals surface area contributed by atoms with Gasteiger partial charge in [0.2, 0.25) is 0 Å². The molecule has 1 aromatic heterocycles. The van der Waals surface area contributed by atoms with Crippen molar-refractivity contribution < 1.29 is 0 Å². The first kappa shape index (κ1) is 6.89. The molecule has 0 bridgehead atoms. The minimum atomic E-state index is 0.728. The number of imidazole rings is 1. The van der Waals surface area contributed by atoms with Gasteiger partial charge in [0.25, 0.3) is 0 Å². The van der Waals surface area contributed by atoms with Crippen LogP contribution in [0.1, 0.15) is 37.3 Å². The van der Waals surface area contributed by atoms with Gasteiger partial charge < -0.3 is 4.57 Å². The standard InChI is InChI=1S/C9H14N2/c1-3-8-4-5-9-10-7(2)6-11(8)9/h6,8H,3-5H2,1-2H3. The molecule has 1 aliphatic rings. The Kier molecular flexibility index (Phi) is 1.48. The lowest BCUT2D eigenvalue weighted by Crippen LogP contribution is -1.99. The van der Waals surface area contributed by atoms with Crippen LogP contribution in [0.4, 0.5) is 0 Å². The van der Waals surface area contributed by atoms with E-state index in [9.17, 15) is 0 Å². The molecule has 2 rings (SSSR count). The van der Waals surface area contributed by atoms with Crippen molar-refractivity contribution in [3.63, 3.8) is 0 Å². The summed E-state index contributed by atoms with van der Waals surface area (Å²) in [5, 5.41) is 0. The molecule has 0 radical (unpaired) electrons. The largest absolute Gasteiger partial charge is 0.332 e. The van der Waals surface area contributed by atoms with E-state index in [-0.39, 0.29) is 0 Å². The highest BCUT2D eigenvalue weighted by Crippen LogP contribution is 2.27. The van der Waals surface area contributed by atoms with E-state index in [0.29, 0.717) is 0 Å².